The van der Waals surface area contributed by atoms with Gasteiger partial charge in [-0.25, -0.2) is 9.18 Å². The fourth-order valence-corrected chi connectivity index (χ4v) is 4.90. The average molecular weight is 457 g/mol. The molecule has 2 aromatic carbocycles. The molecule has 0 radical (unpaired) electrons. The molecule has 5 rings (SSSR count). The second-order valence-corrected chi connectivity index (χ2v) is 8.81. The normalized spacial score (nSPS) is 21.0. The van der Waals surface area contributed by atoms with Gasteiger partial charge >= 0.3 is 5.63 Å². The Morgan fingerprint density at radius 1 is 1.16 bits per heavy atom. The molecule has 8 heteroatoms. The molecular weight excluding hydrogens is 435 g/mol. The van der Waals surface area contributed by atoms with Gasteiger partial charge in [-0.2, -0.15) is 0 Å². The molecule has 0 aliphatic carbocycles. The topological polar surface area (TPSA) is 71.8 Å². The lowest BCUT2D eigenvalue weighted by Gasteiger charge is -2.34. The van der Waals surface area contributed by atoms with E-state index in [2.05, 4.69) is 5.32 Å². The first kappa shape index (κ1) is 21.0. The zero-order valence-corrected chi connectivity index (χ0v) is 18.2. The van der Waals surface area contributed by atoms with E-state index in [0.717, 1.165) is 12.8 Å². The first-order chi connectivity index (χ1) is 15.4. The summed E-state index contributed by atoms with van der Waals surface area (Å²) >= 11 is 6.21. The first-order valence-corrected chi connectivity index (χ1v) is 11.0. The van der Waals surface area contributed by atoms with E-state index in [-0.39, 0.29) is 10.9 Å². The summed E-state index contributed by atoms with van der Waals surface area (Å²) in [4.78, 5) is 26.9. The summed E-state index contributed by atoms with van der Waals surface area (Å²) in [5, 5.41) is 4.33. The van der Waals surface area contributed by atoms with Crippen molar-refractivity contribution in [1.82, 2.24) is 10.2 Å². The summed E-state index contributed by atoms with van der Waals surface area (Å²) in [5.41, 5.74) is 0.792. The average Bonchev–Trinajstić information content (AvgIpc) is 3.09. The molecule has 3 heterocycles. The number of amides is 1. The van der Waals surface area contributed by atoms with Crippen LogP contribution in [0.25, 0.3) is 22.1 Å². The molecule has 0 saturated carbocycles. The van der Waals surface area contributed by atoms with Crippen molar-refractivity contribution in [2.75, 3.05) is 13.1 Å². The Kier molecular flexibility index (Phi) is 5.39. The number of carbonyl (C=O) groups is 1. The molecule has 2 fully saturated rings. The number of nitrogens with zero attached hydrogens (tertiary/aromatic N) is 1. The van der Waals surface area contributed by atoms with Crippen molar-refractivity contribution in [3.63, 3.8) is 0 Å². The molecule has 1 N–H and O–H groups in total. The van der Waals surface area contributed by atoms with Gasteiger partial charge in [0, 0.05) is 53.8 Å². The van der Waals surface area contributed by atoms with E-state index in [1.165, 1.54) is 24.3 Å². The molecule has 2 aliphatic rings. The third kappa shape index (κ3) is 3.98. The van der Waals surface area contributed by atoms with Gasteiger partial charge in [0.1, 0.15) is 17.1 Å². The van der Waals surface area contributed by atoms with Gasteiger partial charge in [0.2, 0.25) is 0 Å². The van der Waals surface area contributed by atoms with Crippen LogP contribution in [0, 0.1) is 5.82 Å². The summed E-state index contributed by atoms with van der Waals surface area (Å²) in [6.45, 7) is 3.11. The maximum absolute atomic E-state index is 13.5. The molecule has 32 heavy (non-hydrogen) atoms. The maximum atomic E-state index is 13.5. The van der Waals surface area contributed by atoms with Crippen molar-refractivity contribution in [3.8, 4) is 16.9 Å². The molecule has 2 aliphatic heterocycles. The summed E-state index contributed by atoms with van der Waals surface area (Å²) in [7, 11) is 0. The van der Waals surface area contributed by atoms with Gasteiger partial charge < -0.3 is 19.4 Å². The number of piperazine rings is 1. The highest BCUT2D eigenvalue weighted by Crippen LogP contribution is 2.34. The van der Waals surface area contributed by atoms with E-state index < -0.39 is 17.5 Å². The van der Waals surface area contributed by atoms with E-state index in [9.17, 15) is 14.0 Å². The third-order valence-corrected chi connectivity index (χ3v) is 6.44. The quantitative estimate of drug-likeness (QED) is 0.601. The zero-order chi connectivity index (χ0) is 22.4. The summed E-state index contributed by atoms with van der Waals surface area (Å²) in [6.07, 6.45) is 1.51. The Morgan fingerprint density at radius 3 is 2.62 bits per heavy atom. The van der Waals surface area contributed by atoms with Gasteiger partial charge in [0.15, 0.2) is 6.10 Å². The number of ether oxygens (including phenoxy) is 1. The number of halogens is 2. The molecule has 2 unspecified atom stereocenters. The number of rotatable bonds is 4. The van der Waals surface area contributed by atoms with E-state index in [4.69, 9.17) is 20.8 Å². The second kappa shape index (κ2) is 8.22. The number of benzene rings is 2. The second-order valence-electron chi connectivity index (χ2n) is 8.40. The molecular formula is C24H22ClFN2O4. The fourth-order valence-electron chi connectivity index (χ4n) is 4.64. The van der Waals surface area contributed by atoms with E-state index in [1.807, 2.05) is 4.90 Å². The summed E-state index contributed by atoms with van der Waals surface area (Å²) in [5.74, 6) is -0.100. The smallest absolute Gasteiger partial charge is 0.336 e. The van der Waals surface area contributed by atoms with E-state index >= 15 is 0 Å². The standard InChI is InChI=1S/C24H22ClFN2O4/c1-13(24(30)28-11-15-3-4-16(12-28)27-15)31-17-5-7-19-20(10-23(29)32-22(19)9-17)18-6-2-14(26)8-21(18)25/h2,5-10,13,15-16,27H,3-4,11-12H2,1H3/t13-,15?,16?/m1/s1. The highest BCUT2D eigenvalue weighted by Gasteiger charge is 2.36. The van der Waals surface area contributed by atoms with Gasteiger partial charge in [-0.05, 0) is 50.1 Å². The molecule has 166 valence electrons. The van der Waals surface area contributed by atoms with Gasteiger partial charge in [0.25, 0.3) is 5.91 Å². The molecule has 2 bridgehead atoms. The molecule has 0 spiro atoms. The van der Waals surface area contributed by atoms with Crippen LogP contribution in [0.2, 0.25) is 5.02 Å². The van der Waals surface area contributed by atoms with Crippen LogP contribution in [-0.4, -0.2) is 42.1 Å². The van der Waals surface area contributed by atoms with E-state index in [0.29, 0.717) is 53.0 Å². The molecule has 1 amide bonds. The minimum Gasteiger partial charge on any atom is -0.481 e. The molecule has 1 aromatic heterocycles. The van der Waals surface area contributed by atoms with Crippen LogP contribution < -0.4 is 15.7 Å². The van der Waals surface area contributed by atoms with Crippen LogP contribution in [0.3, 0.4) is 0 Å². The van der Waals surface area contributed by atoms with Gasteiger partial charge in [0.05, 0.1) is 5.02 Å². The number of nitrogens with one attached hydrogen (secondary N) is 1. The summed E-state index contributed by atoms with van der Waals surface area (Å²) < 4.78 is 24.7. The Labute approximate surface area is 188 Å². The largest absolute Gasteiger partial charge is 0.481 e. The van der Waals surface area contributed by atoms with Crippen LogP contribution >= 0.6 is 11.6 Å². The number of hydrogen-bond donors (Lipinski definition) is 1. The lowest BCUT2D eigenvalue weighted by Crippen LogP contribution is -2.55. The van der Waals surface area contributed by atoms with Crippen LogP contribution in [-0.2, 0) is 4.79 Å². The highest BCUT2D eigenvalue weighted by molar-refractivity contribution is 6.33. The van der Waals surface area contributed by atoms with Gasteiger partial charge in [-0.1, -0.05) is 11.6 Å². The SMILES string of the molecule is C[C@@H](Oc1ccc2c(-c3ccc(F)cc3Cl)cc(=O)oc2c1)C(=O)N1CC2CCC(C1)N2. The number of carbonyl (C=O) groups excluding carboxylic acids is 1. The minimum atomic E-state index is -0.675. The number of hydrogen-bond acceptors (Lipinski definition) is 5. The van der Waals surface area contributed by atoms with Crippen LogP contribution in [0.4, 0.5) is 4.39 Å². The fraction of sp³-hybridized carbons (Fsp3) is 0.333. The highest BCUT2D eigenvalue weighted by atomic mass is 35.5. The van der Waals surface area contributed by atoms with Crippen molar-refractivity contribution in [1.29, 1.82) is 0 Å². The predicted molar refractivity (Wildman–Crippen MR) is 120 cm³/mol. The zero-order valence-electron chi connectivity index (χ0n) is 17.4. The van der Waals surface area contributed by atoms with Crippen LogP contribution in [0.1, 0.15) is 19.8 Å². The van der Waals surface area contributed by atoms with Crippen molar-refractivity contribution in [2.45, 2.75) is 38.0 Å². The van der Waals surface area contributed by atoms with Crippen molar-refractivity contribution < 1.29 is 18.3 Å². The van der Waals surface area contributed by atoms with Crippen LogP contribution in [0.5, 0.6) is 5.75 Å². The molecule has 6 nitrogen and oxygen atoms in total. The molecule has 2 saturated heterocycles. The Hall–Kier alpha value is -2.90. The predicted octanol–water partition coefficient (Wildman–Crippen LogP) is 3.98. The first-order valence-electron chi connectivity index (χ1n) is 10.6. The number of likely N-dealkylation sites (tertiary alicyclic amines) is 1. The maximum Gasteiger partial charge on any atom is 0.336 e. The van der Waals surface area contributed by atoms with Crippen LogP contribution in [0.15, 0.2) is 51.7 Å². The Bertz CT molecular complexity index is 1250. The van der Waals surface area contributed by atoms with Gasteiger partial charge in [-0.3, -0.25) is 4.79 Å². The van der Waals surface area contributed by atoms with E-state index in [1.54, 1.807) is 25.1 Å². The number of fused-ring (bicyclic) bond motifs is 3. The third-order valence-electron chi connectivity index (χ3n) is 6.13. The lowest BCUT2D eigenvalue weighted by molar-refractivity contribution is -0.139. The van der Waals surface area contributed by atoms with Crippen molar-refractivity contribution >= 4 is 28.5 Å². The summed E-state index contributed by atoms with van der Waals surface area (Å²) in [6, 6.07) is 11.1. The van der Waals surface area contributed by atoms with Gasteiger partial charge in [-0.15, -0.1) is 0 Å². The van der Waals surface area contributed by atoms with Crippen molar-refractivity contribution in [3.05, 3.63) is 63.7 Å². The lowest BCUT2D eigenvalue weighted by atomic mass is 10.0. The Morgan fingerprint density at radius 2 is 1.91 bits per heavy atom. The Balaban J connectivity index is 1.41. The van der Waals surface area contributed by atoms with Crippen molar-refractivity contribution in [2.24, 2.45) is 0 Å². The molecule has 3 atom stereocenters. The minimum absolute atomic E-state index is 0.0585. The monoisotopic (exact) mass is 456 g/mol. The molecule has 3 aromatic rings.